The fourth-order valence-corrected chi connectivity index (χ4v) is 4.49. The van der Waals surface area contributed by atoms with Crippen molar-refractivity contribution in [2.75, 3.05) is 18.5 Å². The minimum Gasteiger partial charge on any atom is -0.480 e. The summed E-state index contributed by atoms with van der Waals surface area (Å²) in [7, 11) is 0. The van der Waals surface area contributed by atoms with E-state index in [9.17, 15) is 19.5 Å². The lowest BCUT2D eigenvalue weighted by molar-refractivity contribution is -0.157. The van der Waals surface area contributed by atoms with Gasteiger partial charge in [-0.2, -0.15) is 5.10 Å². The van der Waals surface area contributed by atoms with Crippen LogP contribution in [0.2, 0.25) is 0 Å². The number of aromatic nitrogens is 2. The summed E-state index contributed by atoms with van der Waals surface area (Å²) in [5, 5.41) is 16.2. The maximum Gasteiger partial charge on any atom is 0.411 e. The minimum atomic E-state index is -1.35. The van der Waals surface area contributed by atoms with Crippen molar-refractivity contribution < 1.29 is 24.2 Å². The first kappa shape index (κ1) is 24.0. The van der Waals surface area contributed by atoms with Crippen LogP contribution in [-0.2, 0) is 20.9 Å². The number of hydrogen-bond donors (Lipinski definition) is 2. The number of nitrogens with one attached hydrogen (secondary N) is 1. The molecule has 1 aliphatic rings. The molecule has 9 nitrogen and oxygen atoms in total. The number of fused-ring (bicyclic) bond motifs is 3. The highest BCUT2D eigenvalue weighted by atomic mass is 16.5. The van der Waals surface area contributed by atoms with E-state index in [0.717, 1.165) is 22.3 Å². The number of carbonyl (C=O) groups is 3. The van der Waals surface area contributed by atoms with E-state index >= 15 is 0 Å². The summed E-state index contributed by atoms with van der Waals surface area (Å²) in [5.74, 6) is -1.53. The number of carbonyl (C=O) groups excluding carboxylic acids is 2. The normalized spacial score (nSPS) is 12.5. The molecule has 0 aliphatic heterocycles. The third kappa shape index (κ3) is 4.75. The van der Waals surface area contributed by atoms with Crippen LogP contribution in [0.1, 0.15) is 37.8 Å². The maximum atomic E-state index is 12.7. The Morgan fingerprint density at radius 3 is 2.26 bits per heavy atom. The van der Waals surface area contributed by atoms with E-state index in [1.54, 1.807) is 6.92 Å². The van der Waals surface area contributed by atoms with Crippen LogP contribution in [0.5, 0.6) is 0 Å². The second kappa shape index (κ2) is 9.61. The van der Waals surface area contributed by atoms with Crippen LogP contribution < -0.4 is 5.32 Å². The van der Waals surface area contributed by atoms with Crippen molar-refractivity contribution in [2.45, 2.75) is 38.8 Å². The number of benzene rings is 2. The van der Waals surface area contributed by atoms with Gasteiger partial charge in [-0.25, -0.2) is 9.59 Å². The molecule has 4 rings (SSSR count). The van der Waals surface area contributed by atoms with Gasteiger partial charge in [-0.3, -0.25) is 14.8 Å². The van der Waals surface area contributed by atoms with E-state index in [-0.39, 0.29) is 25.6 Å². The van der Waals surface area contributed by atoms with E-state index in [1.165, 1.54) is 35.8 Å². The predicted molar refractivity (Wildman–Crippen MR) is 130 cm³/mol. The van der Waals surface area contributed by atoms with Crippen molar-refractivity contribution in [3.8, 4) is 11.1 Å². The smallest absolute Gasteiger partial charge is 0.411 e. The Kier molecular flexibility index (Phi) is 6.59. The quantitative estimate of drug-likeness (QED) is 0.509. The van der Waals surface area contributed by atoms with E-state index < -0.39 is 23.5 Å². The van der Waals surface area contributed by atoms with Gasteiger partial charge in [0.2, 0.25) is 5.91 Å². The molecular formula is C26H28N4O5. The standard InChI is InChI=1S/C26H28N4O5/c1-4-30(26(2,3)24(32)33)23(31)15-29-14-17(13-27-29)28-25(34)35-16-22-20-11-7-5-9-18(20)19-10-6-8-12-21(19)22/h5-14,22H,4,15-16H2,1-3H3,(H,28,34)(H,32,33). The van der Waals surface area contributed by atoms with Crippen molar-refractivity contribution in [1.29, 1.82) is 0 Å². The van der Waals surface area contributed by atoms with Crippen molar-refractivity contribution in [3.63, 3.8) is 0 Å². The number of ether oxygens (including phenoxy) is 1. The van der Waals surface area contributed by atoms with E-state index in [2.05, 4.69) is 22.5 Å². The van der Waals surface area contributed by atoms with Crippen LogP contribution in [0.25, 0.3) is 11.1 Å². The predicted octanol–water partition coefficient (Wildman–Crippen LogP) is 3.96. The third-order valence-corrected chi connectivity index (χ3v) is 6.34. The number of carboxylic acid groups (broad SMARTS) is 1. The average molecular weight is 477 g/mol. The lowest BCUT2D eigenvalue weighted by Crippen LogP contribution is -2.53. The average Bonchev–Trinajstić information content (AvgIpc) is 3.39. The number of nitrogens with zero attached hydrogens (tertiary/aromatic N) is 3. The van der Waals surface area contributed by atoms with Gasteiger partial charge in [-0.05, 0) is 43.0 Å². The molecule has 0 saturated heterocycles. The summed E-state index contributed by atoms with van der Waals surface area (Å²) in [6.45, 7) is 4.94. The van der Waals surface area contributed by atoms with Crippen LogP contribution in [0, 0.1) is 0 Å². The number of rotatable bonds is 8. The molecule has 0 saturated carbocycles. The molecule has 0 spiro atoms. The zero-order valence-electron chi connectivity index (χ0n) is 19.9. The Morgan fingerprint density at radius 2 is 1.69 bits per heavy atom. The summed E-state index contributed by atoms with van der Waals surface area (Å²) < 4.78 is 6.88. The number of aliphatic carboxylic acids is 1. The lowest BCUT2D eigenvalue weighted by atomic mass is 9.98. The SMILES string of the molecule is CCN(C(=O)Cn1cc(NC(=O)OCC2c3ccccc3-c3ccccc32)cn1)C(C)(C)C(=O)O. The van der Waals surface area contributed by atoms with Gasteiger partial charge >= 0.3 is 12.1 Å². The van der Waals surface area contributed by atoms with Gasteiger partial charge in [0.25, 0.3) is 0 Å². The second-order valence-corrected chi connectivity index (χ2v) is 8.88. The summed E-state index contributed by atoms with van der Waals surface area (Å²) >= 11 is 0. The van der Waals surface area contributed by atoms with E-state index in [4.69, 9.17) is 4.74 Å². The van der Waals surface area contributed by atoms with Crippen LogP contribution in [-0.4, -0.2) is 56.4 Å². The van der Waals surface area contributed by atoms with Crippen molar-refractivity contribution in [1.82, 2.24) is 14.7 Å². The molecule has 0 atom stereocenters. The molecule has 3 aromatic rings. The summed E-state index contributed by atoms with van der Waals surface area (Å²) in [6.07, 6.45) is 2.29. The summed E-state index contributed by atoms with van der Waals surface area (Å²) in [4.78, 5) is 37.9. The highest BCUT2D eigenvalue weighted by molar-refractivity contribution is 5.87. The van der Waals surface area contributed by atoms with E-state index in [1.807, 2.05) is 36.4 Å². The first-order valence-corrected chi connectivity index (χ1v) is 11.4. The molecule has 0 radical (unpaired) electrons. The van der Waals surface area contributed by atoms with Gasteiger partial charge < -0.3 is 14.7 Å². The topological polar surface area (TPSA) is 114 Å². The molecule has 35 heavy (non-hydrogen) atoms. The van der Waals surface area contributed by atoms with Crippen molar-refractivity contribution in [2.24, 2.45) is 0 Å². The van der Waals surface area contributed by atoms with Crippen LogP contribution in [0.15, 0.2) is 60.9 Å². The molecule has 0 bridgehead atoms. The Balaban J connectivity index is 1.36. The third-order valence-electron chi connectivity index (χ3n) is 6.34. The number of carboxylic acids is 1. The highest BCUT2D eigenvalue weighted by Gasteiger charge is 2.37. The molecule has 182 valence electrons. The molecule has 2 aromatic carbocycles. The van der Waals surface area contributed by atoms with Gasteiger partial charge in [0.05, 0.1) is 11.9 Å². The van der Waals surface area contributed by atoms with Crippen molar-refractivity contribution in [3.05, 3.63) is 72.1 Å². The van der Waals surface area contributed by atoms with Crippen LogP contribution in [0.4, 0.5) is 10.5 Å². The van der Waals surface area contributed by atoms with Gasteiger partial charge in [0.15, 0.2) is 0 Å². The van der Waals surface area contributed by atoms with Gasteiger partial charge in [0.1, 0.15) is 18.7 Å². The molecule has 9 heteroatoms. The first-order chi connectivity index (χ1) is 16.7. The number of likely N-dealkylation sites (N-methyl/N-ethyl adjacent to an activating group) is 1. The number of amides is 2. The minimum absolute atomic E-state index is 0.0499. The molecule has 2 amide bonds. The van der Waals surface area contributed by atoms with Crippen molar-refractivity contribution >= 4 is 23.7 Å². The lowest BCUT2D eigenvalue weighted by Gasteiger charge is -2.34. The Morgan fingerprint density at radius 1 is 1.09 bits per heavy atom. The van der Waals surface area contributed by atoms with Crippen LogP contribution in [0.3, 0.4) is 0 Å². The van der Waals surface area contributed by atoms with Gasteiger partial charge in [0, 0.05) is 18.7 Å². The zero-order chi connectivity index (χ0) is 25.2. The second-order valence-electron chi connectivity index (χ2n) is 8.88. The highest BCUT2D eigenvalue weighted by Crippen LogP contribution is 2.44. The largest absolute Gasteiger partial charge is 0.480 e. The molecule has 1 heterocycles. The Bertz CT molecular complexity index is 1220. The Labute approximate surface area is 203 Å². The molecular weight excluding hydrogens is 448 g/mol. The number of hydrogen-bond acceptors (Lipinski definition) is 5. The zero-order valence-corrected chi connectivity index (χ0v) is 19.9. The maximum absolute atomic E-state index is 12.7. The fourth-order valence-electron chi connectivity index (χ4n) is 4.49. The molecule has 0 fully saturated rings. The number of anilines is 1. The van der Waals surface area contributed by atoms with Crippen LogP contribution >= 0.6 is 0 Å². The molecule has 2 N–H and O–H groups in total. The fraction of sp³-hybridized carbons (Fsp3) is 0.308. The molecule has 1 aromatic heterocycles. The molecule has 0 unspecified atom stereocenters. The Hall–Kier alpha value is -4.14. The van der Waals surface area contributed by atoms with E-state index in [0.29, 0.717) is 5.69 Å². The first-order valence-electron chi connectivity index (χ1n) is 11.4. The molecule has 1 aliphatic carbocycles. The monoisotopic (exact) mass is 476 g/mol. The summed E-state index contributed by atoms with van der Waals surface area (Å²) in [5.41, 5.74) is 3.57. The van der Waals surface area contributed by atoms with Gasteiger partial charge in [-0.1, -0.05) is 48.5 Å². The van der Waals surface area contributed by atoms with Gasteiger partial charge in [-0.15, -0.1) is 0 Å². The summed E-state index contributed by atoms with van der Waals surface area (Å²) in [6, 6.07) is 16.2.